The van der Waals surface area contributed by atoms with E-state index in [1.165, 1.54) is 31.0 Å². The SMILES string of the molecule is CCn1c(SCC(=O)NC2CCCCC2)nnc1-c1ccccc1Cl. The molecule has 1 heterocycles. The fourth-order valence-corrected chi connectivity index (χ4v) is 4.20. The molecule has 0 spiro atoms. The lowest BCUT2D eigenvalue weighted by atomic mass is 9.95. The number of thioether (sulfide) groups is 1. The van der Waals surface area contributed by atoms with Gasteiger partial charge in [-0.1, -0.05) is 54.8 Å². The second-order valence-electron chi connectivity index (χ2n) is 6.22. The zero-order valence-electron chi connectivity index (χ0n) is 14.4. The smallest absolute Gasteiger partial charge is 0.230 e. The van der Waals surface area contributed by atoms with E-state index in [1.54, 1.807) is 0 Å². The highest BCUT2D eigenvalue weighted by Crippen LogP contribution is 2.29. The average Bonchev–Trinajstić information content (AvgIpc) is 3.04. The number of nitrogens with zero attached hydrogens (tertiary/aromatic N) is 3. The summed E-state index contributed by atoms with van der Waals surface area (Å²) in [6, 6.07) is 7.94. The van der Waals surface area contributed by atoms with Crippen molar-refractivity contribution < 1.29 is 4.79 Å². The quantitative estimate of drug-likeness (QED) is 0.767. The fraction of sp³-hybridized carbons (Fsp3) is 0.500. The van der Waals surface area contributed by atoms with Gasteiger partial charge in [-0.05, 0) is 31.9 Å². The molecular weight excluding hydrogens is 356 g/mol. The summed E-state index contributed by atoms with van der Waals surface area (Å²) in [6.07, 6.45) is 5.90. The number of halogens is 1. The van der Waals surface area contributed by atoms with Gasteiger partial charge in [-0.25, -0.2) is 0 Å². The van der Waals surface area contributed by atoms with E-state index in [0.29, 0.717) is 16.8 Å². The summed E-state index contributed by atoms with van der Waals surface area (Å²) < 4.78 is 2.00. The van der Waals surface area contributed by atoms with Gasteiger partial charge in [-0.3, -0.25) is 4.79 Å². The van der Waals surface area contributed by atoms with E-state index in [1.807, 2.05) is 35.8 Å². The largest absolute Gasteiger partial charge is 0.353 e. The lowest BCUT2D eigenvalue weighted by Gasteiger charge is -2.22. The zero-order valence-corrected chi connectivity index (χ0v) is 15.9. The number of hydrogen-bond acceptors (Lipinski definition) is 4. The van der Waals surface area contributed by atoms with Crippen LogP contribution in [0.3, 0.4) is 0 Å². The van der Waals surface area contributed by atoms with Crippen LogP contribution in [0.25, 0.3) is 11.4 Å². The van der Waals surface area contributed by atoms with Gasteiger partial charge in [-0.2, -0.15) is 0 Å². The van der Waals surface area contributed by atoms with Crippen LogP contribution in [0.15, 0.2) is 29.4 Å². The number of aromatic nitrogens is 3. The molecule has 1 aliphatic rings. The van der Waals surface area contributed by atoms with E-state index in [4.69, 9.17) is 11.6 Å². The molecule has 7 heteroatoms. The molecule has 0 bridgehead atoms. The molecule has 1 aliphatic carbocycles. The van der Waals surface area contributed by atoms with Crippen LogP contribution in [0.4, 0.5) is 0 Å². The fourth-order valence-electron chi connectivity index (χ4n) is 3.17. The van der Waals surface area contributed by atoms with E-state index in [0.717, 1.165) is 35.9 Å². The van der Waals surface area contributed by atoms with Crippen molar-refractivity contribution in [3.05, 3.63) is 29.3 Å². The maximum Gasteiger partial charge on any atom is 0.230 e. The van der Waals surface area contributed by atoms with Crippen molar-refractivity contribution in [2.45, 2.75) is 56.8 Å². The first-order valence-corrected chi connectivity index (χ1v) is 10.2. The van der Waals surface area contributed by atoms with Crippen LogP contribution in [-0.2, 0) is 11.3 Å². The summed E-state index contributed by atoms with van der Waals surface area (Å²) in [5.74, 6) is 1.17. The first-order valence-electron chi connectivity index (χ1n) is 8.79. The van der Waals surface area contributed by atoms with Crippen molar-refractivity contribution in [3.8, 4) is 11.4 Å². The van der Waals surface area contributed by atoms with Crippen LogP contribution in [0.2, 0.25) is 5.02 Å². The molecule has 1 saturated carbocycles. The minimum absolute atomic E-state index is 0.0712. The van der Waals surface area contributed by atoms with E-state index >= 15 is 0 Å². The van der Waals surface area contributed by atoms with Crippen LogP contribution in [-0.4, -0.2) is 32.5 Å². The van der Waals surface area contributed by atoms with Crippen LogP contribution < -0.4 is 5.32 Å². The molecule has 1 fully saturated rings. The number of carbonyl (C=O) groups excluding carboxylic acids is 1. The molecule has 0 saturated heterocycles. The van der Waals surface area contributed by atoms with Crippen LogP contribution in [0.5, 0.6) is 0 Å². The van der Waals surface area contributed by atoms with Crippen molar-refractivity contribution in [1.82, 2.24) is 20.1 Å². The second kappa shape index (κ2) is 8.72. The normalized spacial score (nSPS) is 15.3. The molecule has 1 aromatic carbocycles. The molecule has 1 N–H and O–H groups in total. The number of amides is 1. The summed E-state index contributed by atoms with van der Waals surface area (Å²) in [5, 5.41) is 13.1. The number of benzene rings is 1. The summed E-state index contributed by atoms with van der Waals surface area (Å²) in [4.78, 5) is 12.2. The Morgan fingerprint density at radius 1 is 1.28 bits per heavy atom. The third kappa shape index (κ3) is 4.55. The standard InChI is InChI=1S/C18H23ClN4OS/c1-2-23-17(14-10-6-7-11-15(14)19)21-22-18(23)25-12-16(24)20-13-8-4-3-5-9-13/h6-7,10-11,13H,2-5,8-9,12H2,1H3,(H,20,24). The summed E-state index contributed by atoms with van der Waals surface area (Å²) >= 11 is 7.70. The molecule has 3 rings (SSSR count). The molecular formula is C18H23ClN4OS. The van der Waals surface area contributed by atoms with E-state index in [9.17, 15) is 4.79 Å². The van der Waals surface area contributed by atoms with Gasteiger partial charge < -0.3 is 9.88 Å². The first-order chi connectivity index (χ1) is 12.2. The molecule has 5 nitrogen and oxygen atoms in total. The van der Waals surface area contributed by atoms with Gasteiger partial charge in [-0.15, -0.1) is 10.2 Å². The number of carbonyl (C=O) groups is 1. The topological polar surface area (TPSA) is 59.8 Å². The van der Waals surface area contributed by atoms with Crippen LogP contribution >= 0.6 is 23.4 Å². The number of hydrogen-bond donors (Lipinski definition) is 1. The molecule has 25 heavy (non-hydrogen) atoms. The van der Waals surface area contributed by atoms with Crippen molar-refractivity contribution in [2.24, 2.45) is 0 Å². The van der Waals surface area contributed by atoms with Gasteiger partial charge in [0.15, 0.2) is 11.0 Å². The number of rotatable bonds is 6. The maximum atomic E-state index is 12.2. The minimum Gasteiger partial charge on any atom is -0.353 e. The molecule has 0 unspecified atom stereocenters. The Balaban J connectivity index is 1.65. The van der Waals surface area contributed by atoms with Gasteiger partial charge >= 0.3 is 0 Å². The maximum absolute atomic E-state index is 12.2. The van der Waals surface area contributed by atoms with Gasteiger partial charge in [0.05, 0.1) is 10.8 Å². The monoisotopic (exact) mass is 378 g/mol. The highest BCUT2D eigenvalue weighted by atomic mass is 35.5. The minimum atomic E-state index is 0.0712. The third-order valence-corrected chi connectivity index (χ3v) is 5.75. The Labute approximate surface area is 157 Å². The molecule has 0 atom stereocenters. The van der Waals surface area contributed by atoms with Crippen molar-refractivity contribution in [2.75, 3.05) is 5.75 Å². The molecule has 134 valence electrons. The van der Waals surface area contributed by atoms with Crippen LogP contribution in [0, 0.1) is 0 Å². The van der Waals surface area contributed by atoms with Gasteiger partial charge in [0.25, 0.3) is 0 Å². The molecule has 0 radical (unpaired) electrons. The zero-order chi connectivity index (χ0) is 17.6. The van der Waals surface area contributed by atoms with Crippen molar-refractivity contribution in [3.63, 3.8) is 0 Å². The average molecular weight is 379 g/mol. The van der Waals surface area contributed by atoms with Gasteiger partial charge in [0, 0.05) is 18.2 Å². The lowest BCUT2D eigenvalue weighted by molar-refractivity contribution is -0.119. The van der Waals surface area contributed by atoms with Gasteiger partial charge in [0.1, 0.15) is 0 Å². The third-order valence-electron chi connectivity index (χ3n) is 4.45. The Kier molecular flexibility index (Phi) is 6.37. The summed E-state index contributed by atoms with van der Waals surface area (Å²) in [7, 11) is 0. The molecule has 1 amide bonds. The summed E-state index contributed by atoms with van der Waals surface area (Å²) in [6.45, 7) is 2.76. The second-order valence-corrected chi connectivity index (χ2v) is 7.57. The predicted octanol–water partition coefficient (Wildman–Crippen LogP) is 4.16. The molecule has 1 aromatic heterocycles. The lowest BCUT2D eigenvalue weighted by Crippen LogP contribution is -2.37. The van der Waals surface area contributed by atoms with Crippen molar-refractivity contribution >= 4 is 29.3 Å². The summed E-state index contributed by atoms with van der Waals surface area (Å²) in [5.41, 5.74) is 0.858. The molecule has 0 aliphatic heterocycles. The van der Waals surface area contributed by atoms with Gasteiger partial charge in [0.2, 0.25) is 5.91 Å². The highest BCUT2D eigenvalue weighted by Gasteiger charge is 2.18. The Morgan fingerprint density at radius 2 is 2.04 bits per heavy atom. The van der Waals surface area contributed by atoms with E-state index < -0.39 is 0 Å². The predicted molar refractivity (Wildman–Crippen MR) is 102 cm³/mol. The molecule has 2 aromatic rings. The Morgan fingerprint density at radius 3 is 2.76 bits per heavy atom. The number of nitrogens with one attached hydrogen (secondary N) is 1. The van der Waals surface area contributed by atoms with Crippen molar-refractivity contribution in [1.29, 1.82) is 0 Å². The van der Waals surface area contributed by atoms with E-state index in [-0.39, 0.29) is 5.91 Å². The van der Waals surface area contributed by atoms with Crippen LogP contribution in [0.1, 0.15) is 39.0 Å². The first kappa shape index (κ1) is 18.3. The van der Waals surface area contributed by atoms with E-state index in [2.05, 4.69) is 15.5 Å². The Hall–Kier alpha value is -1.53. The Bertz CT molecular complexity index is 728. The highest BCUT2D eigenvalue weighted by molar-refractivity contribution is 7.99.